The molecule has 1 N–H and O–H groups in total. The van der Waals surface area contributed by atoms with Crippen molar-refractivity contribution in [2.45, 2.75) is 45.8 Å². The molecule has 34 heavy (non-hydrogen) atoms. The summed E-state index contributed by atoms with van der Waals surface area (Å²) in [6.45, 7) is 6.80. The normalized spacial score (nSPS) is 16.3. The van der Waals surface area contributed by atoms with Crippen LogP contribution in [0.2, 0.25) is 0 Å². The van der Waals surface area contributed by atoms with Gasteiger partial charge < -0.3 is 14.2 Å². The number of aryl methyl sites for hydroxylation is 2. The second kappa shape index (κ2) is 10.5. The molecule has 0 bridgehead atoms. The number of rotatable bonds is 8. The van der Waals surface area contributed by atoms with E-state index in [1.54, 1.807) is 0 Å². The lowest BCUT2D eigenvalue weighted by atomic mass is 9.92. The third-order valence-electron chi connectivity index (χ3n) is 5.91. The quantitative estimate of drug-likeness (QED) is 0.398. The molecule has 0 fully saturated rings. The maximum absolute atomic E-state index is 12.4. The van der Waals surface area contributed by atoms with E-state index in [1.165, 1.54) is 5.56 Å². The second-order valence-electron chi connectivity index (χ2n) is 8.72. The number of ether oxygens (including phenoxy) is 3. The van der Waals surface area contributed by atoms with Gasteiger partial charge in [-0.05, 0) is 80.6 Å². The van der Waals surface area contributed by atoms with Crippen molar-refractivity contribution >= 4 is 17.9 Å². The van der Waals surface area contributed by atoms with Crippen LogP contribution in [0.25, 0.3) is 6.08 Å². The third-order valence-corrected chi connectivity index (χ3v) is 5.91. The Kier molecular flexibility index (Phi) is 7.21. The molecule has 1 unspecified atom stereocenters. The lowest BCUT2D eigenvalue weighted by Gasteiger charge is -2.32. The molecule has 5 nitrogen and oxygen atoms in total. The predicted molar refractivity (Wildman–Crippen MR) is 135 cm³/mol. The molecule has 0 saturated carbocycles. The Morgan fingerprint density at radius 1 is 1.03 bits per heavy atom. The monoisotopic (exact) mass is 457 g/mol. The molecule has 1 aliphatic heterocycles. The van der Waals surface area contributed by atoms with Gasteiger partial charge in [-0.2, -0.15) is 0 Å². The minimum Gasteiger partial charge on any atom is -0.494 e. The summed E-state index contributed by atoms with van der Waals surface area (Å²) >= 11 is 0. The zero-order valence-corrected chi connectivity index (χ0v) is 20.0. The van der Waals surface area contributed by atoms with Crippen LogP contribution in [-0.4, -0.2) is 18.3 Å². The first kappa shape index (κ1) is 23.4. The van der Waals surface area contributed by atoms with Gasteiger partial charge >= 0.3 is 6.09 Å². The van der Waals surface area contributed by atoms with Gasteiger partial charge in [0.1, 0.15) is 23.7 Å². The summed E-state index contributed by atoms with van der Waals surface area (Å²) in [6, 6.07) is 21.8. The van der Waals surface area contributed by atoms with Gasteiger partial charge in [0, 0.05) is 11.3 Å². The number of anilines is 1. The van der Waals surface area contributed by atoms with Crippen LogP contribution in [0.3, 0.4) is 0 Å². The topological polar surface area (TPSA) is 56.8 Å². The average molecular weight is 458 g/mol. The summed E-state index contributed by atoms with van der Waals surface area (Å²) in [4.78, 5) is 12.4. The van der Waals surface area contributed by atoms with E-state index in [-0.39, 0.29) is 12.2 Å². The Balaban J connectivity index is 1.35. The summed E-state index contributed by atoms with van der Waals surface area (Å²) in [5, 5.41) is 2.85. The fourth-order valence-electron chi connectivity index (χ4n) is 3.92. The molecule has 0 spiro atoms. The molecule has 3 aromatic carbocycles. The molecule has 4 rings (SSSR count). The van der Waals surface area contributed by atoms with E-state index >= 15 is 0 Å². The molecule has 1 heterocycles. The fraction of sp³-hybridized carbons (Fsp3) is 0.276. The van der Waals surface area contributed by atoms with Gasteiger partial charge in [0.05, 0.1) is 6.61 Å². The number of carbonyl (C=O) groups is 1. The lowest BCUT2D eigenvalue weighted by Crippen LogP contribution is -2.32. The van der Waals surface area contributed by atoms with Crippen molar-refractivity contribution in [3.8, 4) is 11.5 Å². The van der Waals surface area contributed by atoms with E-state index in [2.05, 4.69) is 48.7 Å². The molecular weight excluding hydrogens is 426 g/mol. The zero-order chi connectivity index (χ0) is 24.0. The van der Waals surface area contributed by atoms with Crippen molar-refractivity contribution in [3.05, 3.63) is 95.1 Å². The van der Waals surface area contributed by atoms with Crippen LogP contribution < -0.4 is 14.8 Å². The van der Waals surface area contributed by atoms with E-state index < -0.39 is 6.09 Å². The highest BCUT2D eigenvalue weighted by molar-refractivity contribution is 5.87. The first-order valence-corrected chi connectivity index (χ1v) is 11.7. The Hall–Kier alpha value is -3.73. The van der Waals surface area contributed by atoms with Crippen LogP contribution in [0.5, 0.6) is 11.5 Å². The molecule has 1 atom stereocenters. The molecule has 1 aliphatic rings. The van der Waals surface area contributed by atoms with Crippen LogP contribution in [0.1, 0.15) is 42.5 Å². The first-order valence-electron chi connectivity index (χ1n) is 11.7. The zero-order valence-electron chi connectivity index (χ0n) is 20.0. The van der Waals surface area contributed by atoms with Gasteiger partial charge in [-0.25, -0.2) is 4.79 Å². The first-order chi connectivity index (χ1) is 16.4. The van der Waals surface area contributed by atoms with Crippen LogP contribution in [0.15, 0.2) is 72.8 Å². The van der Waals surface area contributed by atoms with Crippen LogP contribution >= 0.6 is 0 Å². The van der Waals surface area contributed by atoms with Crippen molar-refractivity contribution in [2.24, 2.45) is 0 Å². The van der Waals surface area contributed by atoms with Gasteiger partial charge in [-0.15, -0.1) is 0 Å². The Morgan fingerprint density at radius 3 is 2.53 bits per heavy atom. The van der Waals surface area contributed by atoms with Crippen molar-refractivity contribution in [2.75, 3.05) is 11.9 Å². The van der Waals surface area contributed by atoms with Crippen LogP contribution in [0, 0.1) is 6.92 Å². The van der Waals surface area contributed by atoms with Crippen LogP contribution in [0.4, 0.5) is 10.5 Å². The van der Waals surface area contributed by atoms with Crippen molar-refractivity contribution < 1.29 is 19.0 Å². The molecule has 0 saturated heterocycles. The van der Waals surface area contributed by atoms with Crippen LogP contribution in [-0.2, 0) is 17.8 Å². The van der Waals surface area contributed by atoms with Gasteiger partial charge in [-0.1, -0.05) is 48.5 Å². The number of benzene rings is 3. The highest BCUT2D eigenvalue weighted by Gasteiger charge is 2.27. The maximum atomic E-state index is 12.4. The standard InChI is InChI=1S/C29H31NO4/c1-4-32-25-12-10-23(11-13-25)20-33-28(31)30-26-19-24-15-17-29(3,34-27(24)18-21(26)2)16-14-22-8-6-5-7-9-22/h5-13,15,17-19H,4,14,16,20H2,1-3H3,(H,30,31). The minimum atomic E-state index is -0.495. The molecule has 3 aromatic rings. The van der Waals surface area contributed by atoms with E-state index in [0.29, 0.717) is 12.3 Å². The number of amides is 1. The van der Waals surface area contributed by atoms with E-state index in [9.17, 15) is 4.79 Å². The highest BCUT2D eigenvalue weighted by Crippen LogP contribution is 2.36. The van der Waals surface area contributed by atoms with E-state index in [4.69, 9.17) is 14.2 Å². The number of fused-ring (bicyclic) bond motifs is 1. The van der Waals surface area contributed by atoms with Crippen molar-refractivity contribution in [1.82, 2.24) is 0 Å². The third kappa shape index (κ3) is 5.98. The predicted octanol–water partition coefficient (Wildman–Crippen LogP) is 6.94. The van der Waals surface area contributed by atoms with Crippen molar-refractivity contribution in [3.63, 3.8) is 0 Å². The number of nitrogens with one attached hydrogen (secondary N) is 1. The number of carbonyl (C=O) groups excluding carboxylic acids is 1. The lowest BCUT2D eigenvalue weighted by molar-refractivity contribution is 0.128. The molecule has 1 amide bonds. The molecule has 0 aromatic heterocycles. The number of hydrogen-bond donors (Lipinski definition) is 1. The Bertz CT molecular complexity index is 1150. The minimum absolute atomic E-state index is 0.186. The summed E-state index contributed by atoms with van der Waals surface area (Å²) in [5.74, 6) is 1.62. The van der Waals surface area contributed by atoms with E-state index in [1.807, 2.05) is 56.3 Å². The average Bonchev–Trinajstić information content (AvgIpc) is 2.84. The largest absolute Gasteiger partial charge is 0.494 e. The van der Waals surface area contributed by atoms with Gasteiger partial charge in [0.25, 0.3) is 0 Å². The summed E-state index contributed by atoms with van der Waals surface area (Å²) in [7, 11) is 0. The summed E-state index contributed by atoms with van der Waals surface area (Å²) in [5.41, 5.74) is 4.37. The van der Waals surface area contributed by atoms with Gasteiger partial charge in [-0.3, -0.25) is 5.32 Å². The molecule has 176 valence electrons. The van der Waals surface area contributed by atoms with Crippen molar-refractivity contribution in [1.29, 1.82) is 0 Å². The van der Waals surface area contributed by atoms with E-state index in [0.717, 1.165) is 41.0 Å². The molecule has 0 radical (unpaired) electrons. The molecule has 0 aliphatic carbocycles. The maximum Gasteiger partial charge on any atom is 0.411 e. The second-order valence-corrected chi connectivity index (χ2v) is 8.72. The van der Waals surface area contributed by atoms with Gasteiger partial charge in [0.2, 0.25) is 0 Å². The smallest absolute Gasteiger partial charge is 0.411 e. The highest BCUT2D eigenvalue weighted by atomic mass is 16.5. The molecular formula is C29H31NO4. The molecule has 5 heteroatoms. The summed E-state index contributed by atoms with van der Waals surface area (Å²) < 4.78 is 17.2. The number of hydrogen-bond acceptors (Lipinski definition) is 4. The Morgan fingerprint density at radius 2 is 1.79 bits per heavy atom. The summed E-state index contributed by atoms with van der Waals surface area (Å²) in [6.07, 6.45) is 5.49. The fourth-order valence-corrected chi connectivity index (χ4v) is 3.92. The van der Waals surface area contributed by atoms with Gasteiger partial charge in [0.15, 0.2) is 0 Å². The SMILES string of the molecule is CCOc1ccc(COC(=O)Nc2cc3c(cc2C)OC(C)(CCc2ccccc2)C=C3)cc1. The Labute approximate surface area is 201 Å².